The molecule has 0 aromatic carbocycles. The molecule has 1 aromatic heterocycles. The van der Waals surface area contributed by atoms with Crippen LogP contribution in [0.4, 0.5) is 10.6 Å². The van der Waals surface area contributed by atoms with Gasteiger partial charge in [0.2, 0.25) is 0 Å². The Hall–Kier alpha value is -1.63. The Kier molecular flexibility index (Phi) is 5.57. The van der Waals surface area contributed by atoms with Gasteiger partial charge in [-0.15, -0.1) is 0 Å². The van der Waals surface area contributed by atoms with Crippen molar-refractivity contribution in [1.29, 1.82) is 0 Å². The summed E-state index contributed by atoms with van der Waals surface area (Å²) in [5, 5.41) is 5.17. The van der Waals surface area contributed by atoms with Crippen LogP contribution in [0.2, 0.25) is 0 Å². The zero-order valence-corrected chi connectivity index (χ0v) is 11.7. The standard InChI is InChI=1S/C11H14BrN3O3/c1-3-4-13-11(17)15-9-5-7(10(16)18-2)8(12)6-14-9/h5-6H,3-4H2,1-2H3,(H2,13,14,15,17). The molecule has 0 atom stereocenters. The Morgan fingerprint density at radius 1 is 1.50 bits per heavy atom. The third-order valence-electron chi connectivity index (χ3n) is 2.04. The molecule has 6 nitrogen and oxygen atoms in total. The average Bonchev–Trinajstić information content (AvgIpc) is 2.37. The van der Waals surface area contributed by atoms with Gasteiger partial charge in [0.1, 0.15) is 5.82 Å². The van der Waals surface area contributed by atoms with Crippen LogP contribution in [0.25, 0.3) is 0 Å². The highest BCUT2D eigenvalue weighted by Crippen LogP contribution is 2.19. The molecule has 1 aromatic rings. The van der Waals surface area contributed by atoms with Crippen LogP contribution in [0.3, 0.4) is 0 Å². The molecule has 0 saturated carbocycles. The molecule has 0 aliphatic rings. The van der Waals surface area contributed by atoms with E-state index in [4.69, 9.17) is 0 Å². The molecule has 2 amide bonds. The monoisotopic (exact) mass is 315 g/mol. The Labute approximate surface area is 113 Å². The van der Waals surface area contributed by atoms with Crippen molar-refractivity contribution in [2.45, 2.75) is 13.3 Å². The molecule has 18 heavy (non-hydrogen) atoms. The Balaban J connectivity index is 2.79. The molecule has 1 rings (SSSR count). The fourth-order valence-corrected chi connectivity index (χ4v) is 1.55. The summed E-state index contributed by atoms with van der Waals surface area (Å²) >= 11 is 3.19. The molecular formula is C11H14BrN3O3. The van der Waals surface area contributed by atoms with Crippen molar-refractivity contribution in [3.05, 3.63) is 22.3 Å². The molecule has 98 valence electrons. The van der Waals surface area contributed by atoms with Crippen LogP contribution >= 0.6 is 15.9 Å². The van der Waals surface area contributed by atoms with Gasteiger partial charge in [-0.1, -0.05) is 6.92 Å². The fraction of sp³-hybridized carbons (Fsp3) is 0.364. The van der Waals surface area contributed by atoms with Gasteiger partial charge in [0.25, 0.3) is 0 Å². The number of hydrogen-bond donors (Lipinski definition) is 2. The van der Waals surface area contributed by atoms with E-state index in [1.807, 2.05) is 6.92 Å². The van der Waals surface area contributed by atoms with E-state index < -0.39 is 5.97 Å². The van der Waals surface area contributed by atoms with Crippen LogP contribution < -0.4 is 10.6 Å². The van der Waals surface area contributed by atoms with Crippen LogP contribution in [-0.2, 0) is 4.74 Å². The van der Waals surface area contributed by atoms with E-state index in [-0.39, 0.29) is 11.8 Å². The molecule has 0 radical (unpaired) electrons. The Morgan fingerprint density at radius 2 is 2.22 bits per heavy atom. The van der Waals surface area contributed by atoms with Gasteiger partial charge < -0.3 is 10.1 Å². The van der Waals surface area contributed by atoms with Crippen molar-refractivity contribution >= 4 is 33.7 Å². The average molecular weight is 316 g/mol. The first kappa shape index (κ1) is 14.4. The number of anilines is 1. The molecule has 0 saturated heterocycles. The Morgan fingerprint density at radius 3 is 2.83 bits per heavy atom. The van der Waals surface area contributed by atoms with Crippen LogP contribution in [0, 0.1) is 0 Å². The second kappa shape index (κ2) is 6.95. The van der Waals surface area contributed by atoms with Gasteiger partial charge in [0, 0.05) is 12.7 Å². The molecule has 0 unspecified atom stereocenters. The summed E-state index contributed by atoms with van der Waals surface area (Å²) in [6, 6.07) is 1.09. The van der Waals surface area contributed by atoms with Crippen LogP contribution in [-0.4, -0.2) is 30.6 Å². The number of halogens is 1. The number of carbonyl (C=O) groups is 2. The van der Waals surface area contributed by atoms with E-state index in [9.17, 15) is 9.59 Å². The highest BCUT2D eigenvalue weighted by molar-refractivity contribution is 9.10. The van der Waals surface area contributed by atoms with E-state index in [0.717, 1.165) is 6.42 Å². The summed E-state index contributed by atoms with van der Waals surface area (Å²) in [5.41, 5.74) is 0.304. The number of ether oxygens (including phenoxy) is 1. The predicted octanol–water partition coefficient (Wildman–Crippen LogP) is 2.16. The van der Waals surface area contributed by atoms with Crippen molar-refractivity contribution in [1.82, 2.24) is 10.3 Å². The first-order valence-corrected chi connectivity index (χ1v) is 6.16. The van der Waals surface area contributed by atoms with Crippen molar-refractivity contribution in [2.24, 2.45) is 0 Å². The summed E-state index contributed by atoms with van der Waals surface area (Å²) in [6.45, 7) is 2.53. The minimum Gasteiger partial charge on any atom is -0.465 e. The second-order valence-corrected chi connectivity index (χ2v) is 4.28. The molecule has 0 fully saturated rings. The number of carbonyl (C=O) groups excluding carboxylic acids is 2. The van der Waals surface area contributed by atoms with Gasteiger partial charge in [-0.25, -0.2) is 14.6 Å². The number of methoxy groups -OCH3 is 1. The summed E-state index contributed by atoms with van der Waals surface area (Å²) in [7, 11) is 1.29. The lowest BCUT2D eigenvalue weighted by atomic mass is 10.2. The van der Waals surface area contributed by atoms with Crippen molar-refractivity contribution in [2.75, 3.05) is 19.0 Å². The lowest BCUT2D eigenvalue weighted by Gasteiger charge is -2.08. The summed E-state index contributed by atoms with van der Waals surface area (Å²) in [6.07, 6.45) is 2.27. The van der Waals surface area contributed by atoms with E-state index in [1.165, 1.54) is 19.4 Å². The van der Waals surface area contributed by atoms with Gasteiger partial charge in [0.15, 0.2) is 0 Å². The van der Waals surface area contributed by atoms with Crippen LogP contribution in [0.1, 0.15) is 23.7 Å². The van der Waals surface area contributed by atoms with Crippen molar-refractivity contribution in [3.63, 3.8) is 0 Å². The molecule has 0 aliphatic carbocycles. The molecule has 2 N–H and O–H groups in total. The van der Waals surface area contributed by atoms with Crippen molar-refractivity contribution in [3.8, 4) is 0 Å². The summed E-state index contributed by atoms with van der Waals surface area (Å²) < 4.78 is 5.13. The van der Waals surface area contributed by atoms with Gasteiger partial charge >= 0.3 is 12.0 Å². The molecule has 0 aliphatic heterocycles. The lowest BCUT2D eigenvalue weighted by Crippen LogP contribution is -2.29. The highest BCUT2D eigenvalue weighted by Gasteiger charge is 2.12. The minimum atomic E-state index is -0.499. The third kappa shape index (κ3) is 3.99. The number of esters is 1. The third-order valence-corrected chi connectivity index (χ3v) is 2.67. The molecule has 0 spiro atoms. The van der Waals surface area contributed by atoms with Crippen molar-refractivity contribution < 1.29 is 14.3 Å². The maximum atomic E-state index is 11.4. The van der Waals surface area contributed by atoms with E-state index in [0.29, 0.717) is 16.6 Å². The second-order valence-electron chi connectivity index (χ2n) is 3.42. The number of nitrogens with zero attached hydrogens (tertiary/aromatic N) is 1. The number of amides is 2. The van der Waals surface area contributed by atoms with E-state index in [2.05, 4.69) is 36.3 Å². The van der Waals surface area contributed by atoms with Gasteiger partial charge in [0.05, 0.1) is 17.1 Å². The number of pyridine rings is 1. The van der Waals surface area contributed by atoms with Crippen LogP contribution in [0.5, 0.6) is 0 Å². The lowest BCUT2D eigenvalue weighted by molar-refractivity contribution is 0.0599. The molecule has 1 heterocycles. The SMILES string of the molecule is CCCNC(=O)Nc1cc(C(=O)OC)c(Br)cn1. The van der Waals surface area contributed by atoms with Gasteiger partial charge in [-0.3, -0.25) is 5.32 Å². The number of nitrogens with one attached hydrogen (secondary N) is 2. The smallest absolute Gasteiger partial charge is 0.339 e. The number of urea groups is 1. The first-order chi connectivity index (χ1) is 8.58. The molecule has 7 heteroatoms. The minimum absolute atomic E-state index is 0.284. The fourth-order valence-electron chi connectivity index (χ4n) is 1.17. The largest absolute Gasteiger partial charge is 0.465 e. The maximum Gasteiger partial charge on any atom is 0.339 e. The molecule has 0 bridgehead atoms. The van der Waals surface area contributed by atoms with Gasteiger partial charge in [-0.05, 0) is 28.4 Å². The van der Waals surface area contributed by atoms with Crippen LogP contribution in [0.15, 0.2) is 16.7 Å². The predicted molar refractivity (Wildman–Crippen MR) is 70.6 cm³/mol. The summed E-state index contributed by atoms with van der Waals surface area (Å²) in [5.74, 6) is -0.214. The zero-order valence-electron chi connectivity index (χ0n) is 10.1. The maximum absolute atomic E-state index is 11.4. The topological polar surface area (TPSA) is 80.3 Å². The normalized spacial score (nSPS) is 9.72. The number of rotatable bonds is 4. The Bertz CT molecular complexity index is 451. The first-order valence-electron chi connectivity index (χ1n) is 5.37. The highest BCUT2D eigenvalue weighted by atomic mass is 79.9. The van der Waals surface area contributed by atoms with E-state index >= 15 is 0 Å². The zero-order chi connectivity index (χ0) is 13.5. The molecular weight excluding hydrogens is 302 g/mol. The summed E-state index contributed by atoms with van der Waals surface area (Å²) in [4.78, 5) is 26.8. The van der Waals surface area contributed by atoms with Gasteiger partial charge in [-0.2, -0.15) is 0 Å². The quantitative estimate of drug-likeness (QED) is 0.834. The van der Waals surface area contributed by atoms with E-state index in [1.54, 1.807) is 0 Å². The number of aromatic nitrogens is 1. The number of hydrogen-bond acceptors (Lipinski definition) is 4.